The third-order valence-electron chi connectivity index (χ3n) is 4.02. The molecule has 0 amide bonds. The predicted octanol–water partition coefficient (Wildman–Crippen LogP) is 3.78. The van der Waals surface area contributed by atoms with E-state index in [2.05, 4.69) is 39.8 Å². The number of ether oxygens (including phenoxy) is 3. The summed E-state index contributed by atoms with van der Waals surface area (Å²) in [5.41, 5.74) is 2.06. The smallest absolute Gasteiger partial charge is 0.203 e. The van der Waals surface area contributed by atoms with Crippen LogP contribution in [0.3, 0.4) is 0 Å². The van der Waals surface area contributed by atoms with Crippen LogP contribution in [0.4, 0.5) is 0 Å². The number of halogens is 1. The Morgan fingerprint density at radius 1 is 1.07 bits per heavy atom. The van der Waals surface area contributed by atoms with E-state index in [1.165, 1.54) is 0 Å². The van der Waals surface area contributed by atoms with Gasteiger partial charge in [-0.15, -0.1) is 35.3 Å². The van der Waals surface area contributed by atoms with Crippen molar-refractivity contribution in [3.05, 3.63) is 33.8 Å². The van der Waals surface area contributed by atoms with Crippen LogP contribution in [0.1, 0.15) is 36.0 Å². The molecule has 156 valence electrons. The molecule has 0 spiro atoms. The van der Waals surface area contributed by atoms with Gasteiger partial charge in [0, 0.05) is 24.5 Å². The quantitative estimate of drug-likeness (QED) is 0.314. The lowest BCUT2D eigenvalue weighted by atomic mass is 10.1. The zero-order valence-electron chi connectivity index (χ0n) is 17.2. The number of rotatable bonds is 8. The van der Waals surface area contributed by atoms with Gasteiger partial charge in [0.1, 0.15) is 5.01 Å². The van der Waals surface area contributed by atoms with Crippen LogP contribution in [0.5, 0.6) is 17.2 Å². The fourth-order valence-electron chi connectivity index (χ4n) is 2.53. The molecule has 2 rings (SSSR count). The van der Waals surface area contributed by atoms with Crippen molar-refractivity contribution >= 4 is 41.3 Å². The van der Waals surface area contributed by atoms with Crippen molar-refractivity contribution in [3.8, 4) is 17.2 Å². The Hall–Kier alpha value is -1.75. The molecule has 0 aliphatic carbocycles. The second-order valence-electron chi connectivity index (χ2n) is 6.09. The number of aromatic nitrogens is 1. The Balaban J connectivity index is 0.00000392. The molecule has 0 fully saturated rings. The van der Waals surface area contributed by atoms with Crippen molar-refractivity contribution in [2.24, 2.45) is 4.99 Å². The van der Waals surface area contributed by atoms with Crippen molar-refractivity contribution in [2.75, 3.05) is 28.4 Å². The molecular formula is C19H29IN4O3S. The minimum atomic E-state index is 0. The van der Waals surface area contributed by atoms with Crippen molar-refractivity contribution in [1.82, 2.24) is 15.6 Å². The molecule has 0 atom stereocenters. The maximum absolute atomic E-state index is 5.52. The number of nitrogens with zero attached hydrogens (tertiary/aromatic N) is 2. The van der Waals surface area contributed by atoms with Gasteiger partial charge in [0.15, 0.2) is 17.5 Å². The van der Waals surface area contributed by atoms with Crippen molar-refractivity contribution in [1.29, 1.82) is 0 Å². The van der Waals surface area contributed by atoms with Crippen LogP contribution in [-0.2, 0) is 13.1 Å². The number of nitrogens with one attached hydrogen (secondary N) is 2. The van der Waals surface area contributed by atoms with Crippen molar-refractivity contribution in [3.63, 3.8) is 0 Å². The molecule has 9 heteroatoms. The Labute approximate surface area is 187 Å². The average Bonchev–Trinajstić information content (AvgIpc) is 3.16. The first-order valence-corrected chi connectivity index (χ1v) is 9.58. The Bertz CT molecular complexity index is 781. The Morgan fingerprint density at radius 3 is 2.29 bits per heavy atom. The summed E-state index contributed by atoms with van der Waals surface area (Å²) in [6.07, 6.45) is 0. The first-order chi connectivity index (χ1) is 13.0. The highest BCUT2D eigenvalue weighted by Gasteiger charge is 2.16. The fraction of sp³-hybridized carbons (Fsp3) is 0.474. The largest absolute Gasteiger partial charge is 0.493 e. The molecule has 1 aromatic heterocycles. The summed E-state index contributed by atoms with van der Waals surface area (Å²) in [4.78, 5) is 8.89. The van der Waals surface area contributed by atoms with Gasteiger partial charge in [0.25, 0.3) is 0 Å². The van der Waals surface area contributed by atoms with Crippen LogP contribution in [0.2, 0.25) is 0 Å². The summed E-state index contributed by atoms with van der Waals surface area (Å²) in [6.45, 7) is 5.44. The lowest BCUT2D eigenvalue weighted by molar-refractivity contribution is 0.322. The third-order valence-corrected chi connectivity index (χ3v) is 4.89. The van der Waals surface area contributed by atoms with Gasteiger partial charge >= 0.3 is 0 Å². The van der Waals surface area contributed by atoms with E-state index in [4.69, 9.17) is 14.2 Å². The van der Waals surface area contributed by atoms with E-state index in [0.717, 1.165) is 16.3 Å². The summed E-state index contributed by atoms with van der Waals surface area (Å²) in [5, 5.41) is 9.71. The highest BCUT2D eigenvalue weighted by atomic mass is 127. The first kappa shape index (κ1) is 24.3. The van der Waals surface area contributed by atoms with Gasteiger partial charge in [-0.05, 0) is 18.1 Å². The van der Waals surface area contributed by atoms with Gasteiger partial charge in [-0.3, -0.25) is 4.99 Å². The summed E-state index contributed by atoms with van der Waals surface area (Å²) in [6, 6.07) is 3.80. The molecule has 0 unspecified atom stereocenters. The minimum Gasteiger partial charge on any atom is -0.493 e. The number of aliphatic imine (C=N–C) groups is 1. The number of benzene rings is 1. The van der Waals surface area contributed by atoms with E-state index in [1.54, 1.807) is 39.7 Å². The molecule has 0 bridgehead atoms. The van der Waals surface area contributed by atoms with E-state index in [9.17, 15) is 0 Å². The number of thiazole rings is 1. The maximum Gasteiger partial charge on any atom is 0.203 e. The van der Waals surface area contributed by atoms with Gasteiger partial charge in [0.2, 0.25) is 5.75 Å². The highest BCUT2D eigenvalue weighted by Crippen LogP contribution is 2.39. The summed E-state index contributed by atoms with van der Waals surface area (Å²) in [7, 11) is 6.55. The molecule has 1 aromatic carbocycles. The number of hydrogen-bond acceptors (Lipinski definition) is 6. The molecule has 0 saturated heterocycles. The lowest BCUT2D eigenvalue weighted by Crippen LogP contribution is -2.36. The maximum atomic E-state index is 5.52. The van der Waals surface area contributed by atoms with E-state index >= 15 is 0 Å². The van der Waals surface area contributed by atoms with Crippen molar-refractivity contribution < 1.29 is 14.2 Å². The second kappa shape index (κ2) is 11.9. The Morgan fingerprint density at radius 2 is 1.75 bits per heavy atom. The number of hydrogen-bond donors (Lipinski definition) is 2. The van der Waals surface area contributed by atoms with Crippen LogP contribution < -0.4 is 24.8 Å². The van der Waals surface area contributed by atoms with Gasteiger partial charge < -0.3 is 24.8 Å². The Kier molecular flexibility index (Phi) is 10.4. The van der Waals surface area contributed by atoms with E-state index in [0.29, 0.717) is 42.2 Å². The normalized spacial score (nSPS) is 11.0. The highest BCUT2D eigenvalue weighted by molar-refractivity contribution is 14.0. The molecular weight excluding hydrogens is 491 g/mol. The van der Waals surface area contributed by atoms with E-state index < -0.39 is 0 Å². The zero-order chi connectivity index (χ0) is 19.8. The van der Waals surface area contributed by atoms with Gasteiger partial charge in [-0.2, -0.15) is 0 Å². The summed E-state index contributed by atoms with van der Waals surface area (Å²) < 4.78 is 16.3. The van der Waals surface area contributed by atoms with Crippen LogP contribution in [0.25, 0.3) is 0 Å². The average molecular weight is 520 g/mol. The standard InChI is InChI=1S/C19H28N4O3S.HI/c1-12(2)14-11-27-16(23-14)10-22-19(20-3)21-9-13-7-8-15(24-4)18(26-6)17(13)25-5;/h7-8,11-12H,9-10H2,1-6H3,(H2,20,21,22);1H. The second-order valence-corrected chi connectivity index (χ2v) is 7.04. The van der Waals surface area contributed by atoms with Crippen molar-refractivity contribution in [2.45, 2.75) is 32.9 Å². The summed E-state index contributed by atoms with van der Waals surface area (Å²) >= 11 is 1.65. The van der Waals surface area contributed by atoms with E-state index in [-0.39, 0.29) is 24.0 Å². The molecule has 28 heavy (non-hydrogen) atoms. The number of methoxy groups -OCH3 is 3. The van der Waals surface area contributed by atoms with Gasteiger partial charge in [0.05, 0.1) is 33.6 Å². The lowest BCUT2D eigenvalue weighted by Gasteiger charge is -2.17. The van der Waals surface area contributed by atoms with Crippen LogP contribution >= 0.6 is 35.3 Å². The summed E-state index contributed by atoms with van der Waals surface area (Å²) in [5.74, 6) is 2.97. The van der Waals surface area contributed by atoms with Crippen LogP contribution in [-0.4, -0.2) is 39.3 Å². The molecule has 0 saturated carbocycles. The van der Waals surface area contributed by atoms with Crippen LogP contribution in [0.15, 0.2) is 22.5 Å². The van der Waals surface area contributed by atoms with Crippen LogP contribution in [0, 0.1) is 0 Å². The third kappa shape index (κ3) is 6.13. The van der Waals surface area contributed by atoms with E-state index in [1.807, 2.05) is 12.1 Å². The van der Waals surface area contributed by atoms with Gasteiger partial charge in [-0.25, -0.2) is 4.98 Å². The predicted molar refractivity (Wildman–Crippen MR) is 125 cm³/mol. The molecule has 2 aromatic rings. The van der Waals surface area contributed by atoms with Gasteiger partial charge in [-0.1, -0.05) is 13.8 Å². The SMILES string of the molecule is CN=C(NCc1nc(C(C)C)cs1)NCc1ccc(OC)c(OC)c1OC.I. The molecule has 7 nitrogen and oxygen atoms in total. The monoisotopic (exact) mass is 520 g/mol. The first-order valence-electron chi connectivity index (χ1n) is 8.70. The molecule has 0 radical (unpaired) electrons. The molecule has 0 aliphatic rings. The number of guanidine groups is 1. The molecule has 2 N–H and O–H groups in total. The fourth-order valence-corrected chi connectivity index (χ4v) is 3.43. The topological polar surface area (TPSA) is 77.0 Å². The molecule has 1 heterocycles. The minimum absolute atomic E-state index is 0. The zero-order valence-corrected chi connectivity index (χ0v) is 20.3. The molecule has 0 aliphatic heterocycles.